The number of anilines is 1. The van der Waals surface area contributed by atoms with E-state index in [4.69, 9.17) is 4.74 Å². The van der Waals surface area contributed by atoms with E-state index in [1.54, 1.807) is 17.0 Å². The van der Waals surface area contributed by atoms with Crippen molar-refractivity contribution in [1.82, 2.24) is 10.3 Å². The van der Waals surface area contributed by atoms with Crippen LogP contribution in [0, 0.1) is 29.6 Å². The Bertz CT molecular complexity index is 1160. The Balaban J connectivity index is 1.87. The Morgan fingerprint density at radius 1 is 1.18 bits per heavy atom. The van der Waals surface area contributed by atoms with Gasteiger partial charge in [-0.05, 0) is 75.9 Å². The maximum Gasteiger partial charge on any atom is 0.407 e. The third-order valence-corrected chi connectivity index (χ3v) is 6.69. The number of alkyl carbamates (subject to hydrolysis) is 1. The van der Waals surface area contributed by atoms with Gasteiger partial charge in [0.05, 0.1) is 6.04 Å². The molecular formula is C31H40FN3O3. The van der Waals surface area contributed by atoms with Crippen LogP contribution in [0.25, 0.3) is 0 Å². The molecule has 2 aromatic rings. The first-order chi connectivity index (χ1) is 18.0. The molecule has 3 rings (SSSR count). The molecule has 1 heterocycles. The number of benzene rings is 1. The minimum Gasteiger partial charge on any atom is -0.444 e. The van der Waals surface area contributed by atoms with Gasteiger partial charge in [-0.1, -0.05) is 45.1 Å². The molecule has 0 saturated heterocycles. The highest BCUT2D eigenvalue weighted by molar-refractivity contribution is 5.97. The van der Waals surface area contributed by atoms with Crippen molar-refractivity contribution in [3.05, 3.63) is 59.7 Å². The maximum absolute atomic E-state index is 13.9. The number of unbranched alkanes of at least 4 members (excludes halogenated alkanes) is 1. The van der Waals surface area contributed by atoms with Crippen LogP contribution in [0.3, 0.4) is 0 Å². The van der Waals surface area contributed by atoms with Crippen LogP contribution in [0.15, 0.2) is 42.5 Å². The number of hydrogen-bond acceptors (Lipinski definition) is 4. The summed E-state index contributed by atoms with van der Waals surface area (Å²) in [6.45, 7) is 11.9. The van der Waals surface area contributed by atoms with Crippen molar-refractivity contribution in [1.29, 1.82) is 0 Å². The molecule has 1 N–H and O–H groups in total. The van der Waals surface area contributed by atoms with E-state index in [2.05, 4.69) is 36.0 Å². The van der Waals surface area contributed by atoms with E-state index in [0.717, 1.165) is 30.5 Å². The summed E-state index contributed by atoms with van der Waals surface area (Å²) in [5.74, 6) is 5.36. The quantitative estimate of drug-likeness (QED) is 0.304. The van der Waals surface area contributed by atoms with Crippen molar-refractivity contribution in [3.63, 3.8) is 0 Å². The van der Waals surface area contributed by atoms with Gasteiger partial charge in [0.25, 0.3) is 0 Å². The second-order valence-electron chi connectivity index (χ2n) is 11.0. The van der Waals surface area contributed by atoms with Crippen molar-refractivity contribution in [2.24, 2.45) is 11.8 Å². The highest BCUT2D eigenvalue weighted by atomic mass is 19.1. The van der Waals surface area contributed by atoms with Crippen LogP contribution in [0.1, 0.15) is 84.4 Å². The fourth-order valence-electron chi connectivity index (χ4n) is 4.27. The summed E-state index contributed by atoms with van der Waals surface area (Å²) < 4.78 is 19.2. The van der Waals surface area contributed by atoms with Crippen LogP contribution in [0.5, 0.6) is 0 Å². The second kappa shape index (κ2) is 12.9. The predicted octanol–water partition coefficient (Wildman–Crippen LogP) is 6.45. The van der Waals surface area contributed by atoms with Crippen LogP contribution >= 0.6 is 0 Å². The number of nitrogens with zero attached hydrogens (tertiary/aromatic N) is 2. The third kappa shape index (κ3) is 8.31. The van der Waals surface area contributed by atoms with Crippen molar-refractivity contribution in [2.75, 3.05) is 11.4 Å². The Hall–Kier alpha value is -3.40. The highest BCUT2D eigenvalue weighted by Gasteiger charge is 2.47. The molecule has 0 radical (unpaired) electrons. The first-order valence-corrected chi connectivity index (χ1v) is 13.5. The largest absolute Gasteiger partial charge is 0.444 e. The molecular weight excluding hydrogens is 481 g/mol. The Morgan fingerprint density at radius 2 is 1.89 bits per heavy atom. The number of carbonyl (C=O) groups excluding carboxylic acids is 2. The lowest BCUT2D eigenvalue weighted by Crippen LogP contribution is -2.50. The van der Waals surface area contributed by atoms with E-state index in [-0.39, 0.29) is 36.2 Å². The van der Waals surface area contributed by atoms with Gasteiger partial charge >= 0.3 is 6.09 Å². The number of hydrogen-bond donors (Lipinski definition) is 1. The van der Waals surface area contributed by atoms with Crippen molar-refractivity contribution >= 4 is 17.7 Å². The molecule has 1 saturated carbocycles. The zero-order valence-electron chi connectivity index (χ0n) is 23.4. The van der Waals surface area contributed by atoms with Gasteiger partial charge in [0.1, 0.15) is 5.60 Å². The zero-order valence-corrected chi connectivity index (χ0v) is 23.4. The van der Waals surface area contributed by atoms with Gasteiger partial charge in [-0.2, -0.15) is 4.39 Å². The molecule has 1 aromatic heterocycles. The van der Waals surface area contributed by atoms with E-state index in [1.165, 1.54) is 6.07 Å². The fourth-order valence-corrected chi connectivity index (χ4v) is 4.27. The third-order valence-electron chi connectivity index (χ3n) is 6.69. The summed E-state index contributed by atoms with van der Waals surface area (Å²) in [6, 6.07) is 12.0. The lowest BCUT2D eigenvalue weighted by Gasteiger charge is -2.32. The topological polar surface area (TPSA) is 71.5 Å². The molecule has 2 amide bonds. The van der Waals surface area contributed by atoms with Crippen LogP contribution in [0.4, 0.5) is 14.9 Å². The molecule has 7 heteroatoms. The standard InChI is InChI=1S/C31H40FN3O3/c1-7-9-10-12-22-15-17-23(18-16-22)35(20-27(21(3)8-2)34-30(37)38-31(4,5)6)29(36)25-19-24(25)26-13-11-14-28(32)33-26/h11,13-18,21,24-25,27H,7-9,19-20H2,1-6H3,(H,34,37)/t21-,24-,25-,27+/m0/s1. The van der Waals surface area contributed by atoms with E-state index < -0.39 is 17.6 Å². The molecule has 1 aliphatic rings. The normalized spacial score (nSPS) is 18.0. The number of nitrogens with one attached hydrogen (secondary N) is 1. The smallest absolute Gasteiger partial charge is 0.407 e. The Kier molecular flexibility index (Phi) is 9.90. The first kappa shape index (κ1) is 29.2. The summed E-state index contributed by atoms with van der Waals surface area (Å²) in [5.41, 5.74) is 1.57. The molecule has 38 heavy (non-hydrogen) atoms. The number of halogens is 1. The molecule has 0 bridgehead atoms. The van der Waals surface area contributed by atoms with E-state index in [9.17, 15) is 14.0 Å². The number of rotatable bonds is 9. The number of carbonyl (C=O) groups is 2. The minimum absolute atomic E-state index is 0.0647. The molecule has 204 valence electrons. The Morgan fingerprint density at radius 3 is 2.50 bits per heavy atom. The summed E-state index contributed by atoms with van der Waals surface area (Å²) in [6.07, 6.45) is 2.74. The highest BCUT2D eigenvalue weighted by Crippen LogP contribution is 2.48. The summed E-state index contributed by atoms with van der Waals surface area (Å²) in [5, 5.41) is 3.00. The number of aromatic nitrogens is 1. The van der Waals surface area contributed by atoms with Gasteiger partial charge in [0.2, 0.25) is 11.9 Å². The number of amides is 2. The molecule has 1 fully saturated rings. The van der Waals surface area contributed by atoms with E-state index in [1.807, 2.05) is 52.0 Å². The average molecular weight is 522 g/mol. The van der Waals surface area contributed by atoms with Crippen LogP contribution < -0.4 is 10.2 Å². The SMILES string of the molecule is CCCC#Cc1ccc(N(C[C@@H](NC(=O)OC(C)(C)C)[C@@H](C)CC)C(=O)[C@H]2C[C@@H]2c2cccc(F)n2)cc1. The minimum atomic E-state index is -0.632. The average Bonchev–Trinajstić information content (AvgIpc) is 3.66. The summed E-state index contributed by atoms with van der Waals surface area (Å²) in [4.78, 5) is 32.3. The van der Waals surface area contributed by atoms with Gasteiger partial charge in [-0.25, -0.2) is 9.78 Å². The van der Waals surface area contributed by atoms with E-state index >= 15 is 0 Å². The van der Waals surface area contributed by atoms with Gasteiger partial charge in [0.15, 0.2) is 0 Å². The molecule has 0 aliphatic heterocycles. The van der Waals surface area contributed by atoms with Gasteiger partial charge < -0.3 is 15.0 Å². The molecule has 0 unspecified atom stereocenters. The number of pyridine rings is 1. The monoisotopic (exact) mass is 521 g/mol. The van der Waals surface area contributed by atoms with Gasteiger partial charge in [-0.3, -0.25) is 4.79 Å². The number of ether oxygens (including phenoxy) is 1. The predicted molar refractivity (Wildman–Crippen MR) is 148 cm³/mol. The first-order valence-electron chi connectivity index (χ1n) is 13.5. The zero-order chi connectivity index (χ0) is 27.9. The lowest BCUT2D eigenvalue weighted by molar-refractivity contribution is -0.120. The molecule has 6 nitrogen and oxygen atoms in total. The van der Waals surface area contributed by atoms with Crippen molar-refractivity contribution in [2.45, 2.75) is 84.8 Å². The lowest BCUT2D eigenvalue weighted by atomic mass is 9.98. The van der Waals surface area contributed by atoms with E-state index in [0.29, 0.717) is 12.1 Å². The summed E-state index contributed by atoms with van der Waals surface area (Å²) >= 11 is 0. The second-order valence-corrected chi connectivity index (χ2v) is 11.0. The Labute approximate surface area is 226 Å². The molecule has 1 aliphatic carbocycles. The molecule has 0 spiro atoms. The fraction of sp³-hybridized carbons (Fsp3) is 0.516. The summed E-state index contributed by atoms with van der Waals surface area (Å²) in [7, 11) is 0. The molecule has 4 atom stereocenters. The van der Waals surface area contributed by atoms with Gasteiger partial charge in [0, 0.05) is 41.7 Å². The van der Waals surface area contributed by atoms with Crippen LogP contribution in [0.2, 0.25) is 0 Å². The maximum atomic E-state index is 13.9. The van der Waals surface area contributed by atoms with Crippen molar-refractivity contribution < 1.29 is 18.7 Å². The van der Waals surface area contributed by atoms with Crippen LogP contribution in [-0.2, 0) is 9.53 Å². The van der Waals surface area contributed by atoms with Crippen molar-refractivity contribution in [3.8, 4) is 11.8 Å². The van der Waals surface area contributed by atoms with Gasteiger partial charge in [-0.15, -0.1) is 0 Å². The van der Waals surface area contributed by atoms with Crippen LogP contribution in [-0.4, -0.2) is 35.2 Å². The molecule has 1 aromatic carbocycles.